The summed E-state index contributed by atoms with van der Waals surface area (Å²) in [5.74, 6) is 0.0306. The van der Waals surface area contributed by atoms with E-state index in [4.69, 9.17) is 25.8 Å². The summed E-state index contributed by atoms with van der Waals surface area (Å²) in [4.78, 5) is 16.0. The summed E-state index contributed by atoms with van der Waals surface area (Å²) in [6.45, 7) is 4.69. The van der Waals surface area contributed by atoms with Gasteiger partial charge in [-0.2, -0.15) is 0 Å². The summed E-state index contributed by atoms with van der Waals surface area (Å²) in [5, 5.41) is 11.1. The number of anilines is 1. The Kier molecular flexibility index (Phi) is 10.5. The molecule has 6 atom stereocenters. The molecule has 2 bridgehead atoms. The number of nitrogens with zero attached hydrogens (tertiary/aromatic N) is 1. The molecule has 1 amide bonds. The van der Waals surface area contributed by atoms with Gasteiger partial charge in [-0.1, -0.05) is 36.7 Å². The van der Waals surface area contributed by atoms with E-state index in [0.717, 1.165) is 42.8 Å². The number of aliphatic hydroxyl groups excluding tert-OH is 1. The number of hydrogen-bond acceptors (Lipinski definition) is 8. The van der Waals surface area contributed by atoms with Gasteiger partial charge in [0.05, 0.1) is 36.9 Å². The molecule has 2 aromatic rings. The number of halogens is 1. The van der Waals surface area contributed by atoms with Crippen molar-refractivity contribution in [3.8, 4) is 5.75 Å². The van der Waals surface area contributed by atoms with Crippen molar-refractivity contribution in [1.82, 2.24) is 4.72 Å². The number of amides is 1. The number of fused-ring (bicyclic) bond motifs is 4. The number of carbonyl (C=O) groups is 1. The van der Waals surface area contributed by atoms with Crippen LogP contribution in [0.15, 0.2) is 48.6 Å². The molecule has 6 rings (SSSR count). The van der Waals surface area contributed by atoms with Gasteiger partial charge in [0.1, 0.15) is 5.75 Å². The van der Waals surface area contributed by atoms with Crippen LogP contribution in [0.3, 0.4) is 0 Å². The van der Waals surface area contributed by atoms with E-state index in [1.165, 1.54) is 11.1 Å². The number of benzene rings is 2. The fourth-order valence-corrected chi connectivity index (χ4v) is 9.84. The van der Waals surface area contributed by atoms with E-state index in [2.05, 4.69) is 21.8 Å². The molecule has 2 aliphatic heterocycles. The summed E-state index contributed by atoms with van der Waals surface area (Å²) in [6, 6.07) is 11.4. The van der Waals surface area contributed by atoms with Gasteiger partial charge in [-0.3, -0.25) is 4.79 Å². The number of ether oxygens (including phenoxy) is 3. The quantitative estimate of drug-likeness (QED) is 0.312. The molecule has 1 saturated carbocycles. The third-order valence-corrected chi connectivity index (χ3v) is 13.0. The molecule has 9 nitrogen and oxygen atoms in total. The minimum atomic E-state index is -4.08. The van der Waals surface area contributed by atoms with E-state index in [1.54, 1.807) is 25.3 Å². The highest BCUT2D eigenvalue weighted by atomic mass is 35.5. The lowest BCUT2D eigenvalue weighted by Crippen LogP contribution is -2.49. The molecule has 0 aromatic heterocycles. The molecule has 256 valence electrons. The van der Waals surface area contributed by atoms with Crippen LogP contribution in [0.1, 0.15) is 66.9 Å². The van der Waals surface area contributed by atoms with Crippen LogP contribution < -0.4 is 14.4 Å². The minimum Gasteiger partial charge on any atom is -0.490 e. The molecule has 11 heteroatoms. The van der Waals surface area contributed by atoms with E-state index in [-0.39, 0.29) is 41.8 Å². The number of sulfonamides is 1. The maximum Gasteiger partial charge on any atom is 0.264 e. The first kappa shape index (κ1) is 34.2. The molecule has 0 saturated heterocycles. The Balaban J connectivity index is 1.35. The molecule has 1 fully saturated rings. The first-order valence-corrected chi connectivity index (χ1v) is 18.8. The van der Waals surface area contributed by atoms with Crippen LogP contribution in [-0.4, -0.2) is 77.4 Å². The van der Waals surface area contributed by atoms with Crippen LogP contribution in [0, 0.1) is 17.8 Å². The number of allylic oxidation sites excluding steroid dienone is 1. The van der Waals surface area contributed by atoms with Crippen molar-refractivity contribution in [2.45, 2.75) is 68.6 Å². The van der Waals surface area contributed by atoms with Crippen molar-refractivity contribution in [2.24, 2.45) is 17.8 Å². The number of nitrogens with one attached hydrogen (secondary N) is 1. The summed E-state index contributed by atoms with van der Waals surface area (Å²) in [5.41, 5.74) is 3.24. The van der Waals surface area contributed by atoms with Crippen molar-refractivity contribution < 1.29 is 32.5 Å². The minimum absolute atomic E-state index is 0.0932. The maximum absolute atomic E-state index is 13.8. The monoisotopic (exact) mass is 686 g/mol. The predicted molar refractivity (Wildman–Crippen MR) is 183 cm³/mol. The summed E-state index contributed by atoms with van der Waals surface area (Å²) < 4.78 is 47.1. The normalized spacial score (nSPS) is 31.0. The van der Waals surface area contributed by atoms with Crippen molar-refractivity contribution in [3.63, 3.8) is 0 Å². The molecule has 2 N–H and O–H groups in total. The highest BCUT2D eigenvalue weighted by molar-refractivity contribution is 7.90. The number of hydrogen-bond donors (Lipinski definition) is 2. The van der Waals surface area contributed by atoms with Crippen LogP contribution in [0.4, 0.5) is 5.69 Å². The third kappa shape index (κ3) is 7.37. The lowest BCUT2D eigenvalue weighted by molar-refractivity contribution is 0.0455. The van der Waals surface area contributed by atoms with Gasteiger partial charge in [0.2, 0.25) is 10.0 Å². The Labute approximate surface area is 283 Å². The zero-order valence-electron chi connectivity index (χ0n) is 27.3. The average molecular weight is 687 g/mol. The van der Waals surface area contributed by atoms with E-state index in [1.807, 2.05) is 25.1 Å². The smallest absolute Gasteiger partial charge is 0.264 e. The number of rotatable bonds is 6. The second-order valence-electron chi connectivity index (χ2n) is 13.8. The number of methoxy groups -OCH3 is 1. The first-order chi connectivity index (χ1) is 22.6. The number of carbonyl (C=O) groups excluding carboxylic acids is 1. The topological polar surface area (TPSA) is 114 Å². The zero-order valence-corrected chi connectivity index (χ0v) is 28.9. The predicted octanol–water partition coefficient (Wildman–Crippen LogP) is 5.28. The molecule has 4 aliphatic rings. The lowest BCUT2D eigenvalue weighted by Gasteiger charge is -2.45. The Hall–Kier alpha value is -2.63. The fraction of sp³-hybridized carbons (Fsp3) is 0.583. The van der Waals surface area contributed by atoms with Crippen LogP contribution in [0.2, 0.25) is 5.02 Å². The third-order valence-electron chi connectivity index (χ3n) is 10.8. The molecule has 2 heterocycles. The van der Waals surface area contributed by atoms with Crippen LogP contribution in [0.25, 0.3) is 0 Å². The van der Waals surface area contributed by atoms with Crippen molar-refractivity contribution in [3.05, 3.63) is 70.3 Å². The number of aryl methyl sites for hydroxylation is 1. The van der Waals surface area contributed by atoms with Gasteiger partial charge >= 0.3 is 0 Å². The van der Waals surface area contributed by atoms with Crippen molar-refractivity contribution in [2.75, 3.05) is 51.5 Å². The van der Waals surface area contributed by atoms with Crippen LogP contribution >= 0.6 is 11.6 Å². The van der Waals surface area contributed by atoms with E-state index in [9.17, 15) is 18.3 Å². The molecular formula is C36H47ClN2O7S. The van der Waals surface area contributed by atoms with E-state index >= 15 is 0 Å². The van der Waals surface area contributed by atoms with Crippen LogP contribution in [0.5, 0.6) is 5.75 Å². The molecule has 0 radical (unpaired) electrons. The number of aliphatic hydroxyl groups is 1. The molecule has 2 aliphatic carbocycles. The Morgan fingerprint density at radius 3 is 2.79 bits per heavy atom. The highest BCUT2D eigenvalue weighted by Gasteiger charge is 2.44. The molecule has 2 aromatic carbocycles. The van der Waals surface area contributed by atoms with E-state index < -0.39 is 27.3 Å². The maximum atomic E-state index is 13.8. The fourth-order valence-electron chi connectivity index (χ4n) is 7.99. The van der Waals surface area contributed by atoms with Gasteiger partial charge < -0.3 is 24.2 Å². The van der Waals surface area contributed by atoms with Crippen LogP contribution in [-0.2, 0) is 31.3 Å². The molecule has 0 unspecified atom stereocenters. The highest BCUT2D eigenvalue weighted by Crippen LogP contribution is 2.46. The Morgan fingerprint density at radius 2 is 2.00 bits per heavy atom. The van der Waals surface area contributed by atoms with E-state index in [0.29, 0.717) is 45.1 Å². The van der Waals surface area contributed by atoms with Crippen molar-refractivity contribution >= 4 is 33.2 Å². The van der Waals surface area contributed by atoms with Gasteiger partial charge in [-0.15, -0.1) is 0 Å². The second-order valence-corrected chi connectivity index (χ2v) is 16.2. The first-order valence-electron chi connectivity index (χ1n) is 16.9. The molecule has 47 heavy (non-hydrogen) atoms. The van der Waals surface area contributed by atoms with Gasteiger partial charge in [0.25, 0.3) is 5.91 Å². The van der Waals surface area contributed by atoms with Crippen molar-refractivity contribution in [1.29, 1.82) is 0 Å². The van der Waals surface area contributed by atoms with Gasteiger partial charge in [0, 0.05) is 42.8 Å². The van der Waals surface area contributed by atoms with Gasteiger partial charge in [-0.25, -0.2) is 13.1 Å². The molecular weight excluding hydrogens is 640 g/mol. The Morgan fingerprint density at radius 1 is 1.15 bits per heavy atom. The Bertz CT molecular complexity index is 1580. The molecule has 1 spiro atoms. The van der Waals surface area contributed by atoms with Gasteiger partial charge in [0.15, 0.2) is 0 Å². The zero-order chi connectivity index (χ0) is 33.2. The summed E-state index contributed by atoms with van der Waals surface area (Å²) in [6.07, 6.45) is 8.62. The summed E-state index contributed by atoms with van der Waals surface area (Å²) in [7, 11) is -2.50. The average Bonchev–Trinajstić information content (AvgIpc) is 3.17. The lowest BCUT2D eigenvalue weighted by atomic mass is 9.68. The standard InChI is InChI=1S/C36H47ClN2O7S/c1-24-5-3-7-32(40)29-11-8-27(29)21-39-22-36(15-4-6-25-19-28(37)10-12-30(25)36)23-46-33-13-9-26(20-31(33)39)35(41)38-47(42,43)34(24)14-16-45-18-17-44-2/h3,7,9-10,12-13,19-20,24,27,29,32,34,40H,4-6,8,11,14-18,21-23H2,1-2H3,(H,38,41)/b7-3-/t24-,27+,29-,32-,34+,36+/m1/s1. The van der Waals surface area contributed by atoms with Gasteiger partial charge in [-0.05, 0) is 104 Å². The second kappa shape index (κ2) is 14.5. The largest absolute Gasteiger partial charge is 0.490 e. The summed E-state index contributed by atoms with van der Waals surface area (Å²) >= 11 is 6.41. The SMILES string of the molecule is COCCOCC[C@H]1[C@H](C)C/C=C\[C@@H](O)[C@@H]2CC[C@H]2CN2C[C@@]3(CCCc4cc(Cl)ccc43)COc3ccc(cc32)C(=O)NS1(=O)=O.